The van der Waals surface area contributed by atoms with Gasteiger partial charge in [-0.3, -0.25) is 9.36 Å². The molecule has 2 heterocycles. The van der Waals surface area contributed by atoms with Gasteiger partial charge in [-0.05, 0) is 38.3 Å². The Bertz CT molecular complexity index is 799. The highest BCUT2D eigenvalue weighted by atomic mass is 32.2. The highest BCUT2D eigenvalue weighted by molar-refractivity contribution is 8.00. The van der Waals surface area contributed by atoms with Crippen molar-refractivity contribution in [3.63, 3.8) is 0 Å². The first-order valence-corrected chi connectivity index (χ1v) is 10.2. The summed E-state index contributed by atoms with van der Waals surface area (Å²) >= 11 is 1.45. The van der Waals surface area contributed by atoms with Crippen LogP contribution in [0.1, 0.15) is 26.2 Å². The standard InChI is InChI=1S/C20H26N4O2S/c1-4-12-24-18(16-10-6-7-11-17(16)26-3)21-22-20(24)27-15(2)19(25)23-13-8-5-9-14-23/h4,6-7,10-11,15H,1,5,8-9,12-14H2,2-3H3/t15-/m0/s1. The molecule has 1 aromatic heterocycles. The molecule has 7 heteroatoms. The summed E-state index contributed by atoms with van der Waals surface area (Å²) in [6.07, 6.45) is 5.20. The number of hydrogen-bond acceptors (Lipinski definition) is 5. The molecule has 0 unspecified atom stereocenters. The number of carbonyl (C=O) groups excluding carboxylic acids is 1. The first-order chi connectivity index (χ1) is 13.2. The molecule has 1 saturated heterocycles. The fourth-order valence-corrected chi connectivity index (χ4v) is 4.22. The van der Waals surface area contributed by atoms with Crippen LogP contribution < -0.4 is 4.74 Å². The van der Waals surface area contributed by atoms with E-state index in [0.29, 0.717) is 17.5 Å². The lowest BCUT2D eigenvalue weighted by atomic mass is 10.1. The minimum atomic E-state index is -0.207. The maximum atomic E-state index is 12.8. The molecule has 1 aromatic carbocycles. The van der Waals surface area contributed by atoms with E-state index in [1.54, 1.807) is 7.11 Å². The first kappa shape index (κ1) is 19.5. The van der Waals surface area contributed by atoms with Crippen LogP contribution in [-0.2, 0) is 11.3 Å². The van der Waals surface area contributed by atoms with Crippen LogP contribution in [0.3, 0.4) is 0 Å². The topological polar surface area (TPSA) is 60.2 Å². The average Bonchev–Trinajstić information content (AvgIpc) is 3.10. The molecule has 144 valence electrons. The molecule has 1 amide bonds. The van der Waals surface area contributed by atoms with Gasteiger partial charge in [-0.2, -0.15) is 0 Å². The quantitative estimate of drug-likeness (QED) is 0.537. The fraction of sp³-hybridized carbons (Fsp3) is 0.450. The number of hydrogen-bond donors (Lipinski definition) is 0. The molecule has 2 aromatic rings. The predicted octanol–water partition coefficient (Wildman–Crippen LogP) is 3.63. The Morgan fingerprint density at radius 3 is 2.74 bits per heavy atom. The normalized spacial score (nSPS) is 15.4. The Balaban J connectivity index is 1.84. The number of nitrogens with zero attached hydrogens (tertiary/aromatic N) is 4. The third-order valence-electron chi connectivity index (χ3n) is 4.67. The van der Waals surface area contributed by atoms with E-state index in [2.05, 4.69) is 16.8 Å². The third-order valence-corrected chi connectivity index (χ3v) is 5.74. The van der Waals surface area contributed by atoms with Crippen molar-refractivity contribution < 1.29 is 9.53 Å². The number of benzene rings is 1. The molecule has 1 aliphatic rings. The number of thioether (sulfide) groups is 1. The average molecular weight is 387 g/mol. The Kier molecular flexibility index (Phi) is 6.55. The van der Waals surface area contributed by atoms with Gasteiger partial charge in [-0.25, -0.2) is 0 Å². The molecule has 0 bridgehead atoms. The Hall–Kier alpha value is -2.28. The van der Waals surface area contributed by atoms with Gasteiger partial charge in [0.25, 0.3) is 0 Å². The minimum absolute atomic E-state index is 0.173. The fourth-order valence-electron chi connectivity index (χ4n) is 3.28. The number of carbonyl (C=O) groups is 1. The summed E-state index contributed by atoms with van der Waals surface area (Å²) in [6, 6.07) is 7.72. The summed E-state index contributed by atoms with van der Waals surface area (Å²) in [7, 11) is 1.64. The molecule has 0 spiro atoms. The minimum Gasteiger partial charge on any atom is -0.496 e. The van der Waals surface area contributed by atoms with Crippen molar-refractivity contribution in [3.8, 4) is 17.1 Å². The number of ether oxygens (including phenoxy) is 1. The summed E-state index contributed by atoms with van der Waals surface area (Å²) in [5.41, 5.74) is 0.871. The van der Waals surface area contributed by atoms with Gasteiger partial charge in [-0.1, -0.05) is 30.0 Å². The molecule has 0 saturated carbocycles. The van der Waals surface area contributed by atoms with E-state index < -0.39 is 0 Å². The van der Waals surface area contributed by atoms with E-state index in [0.717, 1.165) is 37.2 Å². The summed E-state index contributed by atoms with van der Waals surface area (Å²) in [5.74, 6) is 1.63. The molecule has 1 atom stereocenters. The zero-order valence-electron chi connectivity index (χ0n) is 15.9. The third kappa shape index (κ3) is 4.35. The Labute approximate surface area is 164 Å². The van der Waals surface area contributed by atoms with Gasteiger partial charge in [0.2, 0.25) is 5.91 Å². The van der Waals surface area contributed by atoms with Crippen molar-refractivity contribution in [2.24, 2.45) is 0 Å². The lowest BCUT2D eigenvalue weighted by Crippen LogP contribution is -2.40. The summed E-state index contributed by atoms with van der Waals surface area (Å²) in [4.78, 5) is 14.7. The van der Waals surface area contributed by atoms with Gasteiger partial charge < -0.3 is 9.64 Å². The zero-order valence-corrected chi connectivity index (χ0v) is 16.7. The van der Waals surface area contributed by atoms with E-state index in [4.69, 9.17) is 4.74 Å². The number of rotatable bonds is 7. The van der Waals surface area contributed by atoms with Crippen LogP contribution in [0, 0.1) is 0 Å². The van der Waals surface area contributed by atoms with Crippen LogP contribution in [0.2, 0.25) is 0 Å². The van der Waals surface area contributed by atoms with Crippen molar-refractivity contribution in [2.75, 3.05) is 20.2 Å². The largest absolute Gasteiger partial charge is 0.496 e. The van der Waals surface area contributed by atoms with E-state index in [1.165, 1.54) is 18.2 Å². The van der Waals surface area contributed by atoms with Gasteiger partial charge in [0.1, 0.15) is 5.75 Å². The molecule has 1 aliphatic heterocycles. The maximum Gasteiger partial charge on any atom is 0.235 e. The van der Waals surface area contributed by atoms with E-state index >= 15 is 0 Å². The van der Waals surface area contributed by atoms with Crippen LogP contribution in [0.5, 0.6) is 5.75 Å². The van der Waals surface area contributed by atoms with Gasteiger partial charge >= 0.3 is 0 Å². The first-order valence-electron chi connectivity index (χ1n) is 9.28. The molecular weight excluding hydrogens is 360 g/mol. The van der Waals surface area contributed by atoms with Gasteiger partial charge in [0.15, 0.2) is 11.0 Å². The molecule has 0 radical (unpaired) electrons. The SMILES string of the molecule is C=CCn1c(S[C@@H](C)C(=O)N2CCCCC2)nnc1-c1ccccc1OC. The summed E-state index contributed by atoms with van der Waals surface area (Å²) in [5, 5.41) is 9.24. The summed E-state index contributed by atoms with van der Waals surface area (Å²) in [6.45, 7) is 8.07. The van der Waals surface area contributed by atoms with Crippen molar-refractivity contribution in [1.29, 1.82) is 0 Å². The second-order valence-electron chi connectivity index (χ2n) is 6.55. The molecular formula is C20H26N4O2S. The molecule has 27 heavy (non-hydrogen) atoms. The summed E-state index contributed by atoms with van der Waals surface area (Å²) < 4.78 is 7.45. The monoisotopic (exact) mass is 386 g/mol. The molecule has 1 fully saturated rings. The van der Waals surface area contributed by atoms with E-state index in [9.17, 15) is 4.79 Å². The van der Waals surface area contributed by atoms with Crippen molar-refractivity contribution in [3.05, 3.63) is 36.9 Å². The van der Waals surface area contributed by atoms with Crippen LogP contribution in [-0.4, -0.2) is 51.0 Å². The highest BCUT2D eigenvalue weighted by Crippen LogP contribution is 2.32. The Morgan fingerprint density at radius 2 is 2.04 bits per heavy atom. The molecule has 6 nitrogen and oxygen atoms in total. The second-order valence-corrected chi connectivity index (χ2v) is 7.86. The second kappa shape index (κ2) is 9.08. The number of methoxy groups -OCH3 is 1. The Morgan fingerprint density at radius 1 is 1.30 bits per heavy atom. The van der Waals surface area contributed by atoms with E-state index in [-0.39, 0.29) is 11.2 Å². The number of aromatic nitrogens is 3. The smallest absolute Gasteiger partial charge is 0.235 e. The number of para-hydroxylation sites is 1. The predicted molar refractivity (Wildman–Crippen MR) is 108 cm³/mol. The lowest BCUT2D eigenvalue weighted by molar-refractivity contribution is -0.131. The molecule has 0 N–H and O–H groups in total. The van der Waals surface area contributed by atoms with Crippen LogP contribution in [0.15, 0.2) is 42.1 Å². The number of amides is 1. The van der Waals surface area contributed by atoms with Crippen molar-refractivity contribution in [1.82, 2.24) is 19.7 Å². The van der Waals surface area contributed by atoms with Gasteiger partial charge in [-0.15, -0.1) is 16.8 Å². The number of allylic oxidation sites excluding steroid dienone is 1. The van der Waals surface area contributed by atoms with Crippen molar-refractivity contribution in [2.45, 2.75) is 43.1 Å². The van der Waals surface area contributed by atoms with Crippen molar-refractivity contribution >= 4 is 17.7 Å². The van der Waals surface area contributed by atoms with Crippen LogP contribution in [0.4, 0.5) is 0 Å². The highest BCUT2D eigenvalue weighted by Gasteiger charge is 2.26. The molecule has 0 aliphatic carbocycles. The zero-order chi connectivity index (χ0) is 19.2. The number of likely N-dealkylation sites (tertiary alicyclic amines) is 1. The molecule has 3 rings (SSSR count). The number of piperidine rings is 1. The van der Waals surface area contributed by atoms with Gasteiger partial charge in [0, 0.05) is 19.6 Å². The van der Waals surface area contributed by atoms with E-state index in [1.807, 2.05) is 46.7 Å². The van der Waals surface area contributed by atoms with Crippen LogP contribution >= 0.6 is 11.8 Å². The van der Waals surface area contributed by atoms with Gasteiger partial charge in [0.05, 0.1) is 17.9 Å². The maximum absolute atomic E-state index is 12.8. The lowest BCUT2D eigenvalue weighted by Gasteiger charge is -2.28. The van der Waals surface area contributed by atoms with Crippen LogP contribution in [0.25, 0.3) is 11.4 Å².